The number of aromatic amines is 1. The highest BCUT2D eigenvalue weighted by atomic mass is 16.7. The highest BCUT2D eigenvalue weighted by molar-refractivity contribution is 5.99. The summed E-state index contributed by atoms with van der Waals surface area (Å²) in [5.74, 6) is 1.45. The second-order valence-electron chi connectivity index (χ2n) is 7.25. The first-order chi connectivity index (χ1) is 14.1. The lowest BCUT2D eigenvalue weighted by Gasteiger charge is -2.23. The number of aryl methyl sites for hydroxylation is 2. The van der Waals surface area contributed by atoms with Gasteiger partial charge in [-0.1, -0.05) is 13.0 Å². The summed E-state index contributed by atoms with van der Waals surface area (Å²) >= 11 is 0. The molecular formula is C23H26N2O4. The molecule has 29 heavy (non-hydrogen) atoms. The van der Waals surface area contributed by atoms with Gasteiger partial charge in [0.25, 0.3) is 5.91 Å². The van der Waals surface area contributed by atoms with E-state index in [1.54, 1.807) is 7.11 Å². The third kappa shape index (κ3) is 3.80. The predicted octanol–water partition coefficient (Wildman–Crippen LogP) is 4.06. The Kier molecular flexibility index (Phi) is 5.45. The molecule has 1 aromatic heterocycles. The number of nitrogens with zero attached hydrogens (tertiary/aromatic N) is 1. The smallest absolute Gasteiger partial charge is 0.254 e. The van der Waals surface area contributed by atoms with Crippen LogP contribution in [0, 0.1) is 6.92 Å². The van der Waals surface area contributed by atoms with Crippen molar-refractivity contribution in [2.45, 2.75) is 26.8 Å². The molecule has 0 aliphatic carbocycles. The fourth-order valence-electron chi connectivity index (χ4n) is 3.87. The lowest BCUT2D eigenvalue weighted by atomic mass is 10.0. The van der Waals surface area contributed by atoms with Crippen molar-refractivity contribution < 1.29 is 19.0 Å². The Balaban J connectivity index is 1.62. The number of amides is 1. The molecular weight excluding hydrogens is 368 g/mol. The summed E-state index contributed by atoms with van der Waals surface area (Å²) in [4.78, 5) is 18.6. The van der Waals surface area contributed by atoms with Crippen LogP contribution in [0.4, 0.5) is 0 Å². The van der Waals surface area contributed by atoms with E-state index in [-0.39, 0.29) is 12.7 Å². The zero-order chi connectivity index (χ0) is 20.4. The molecule has 1 amide bonds. The van der Waals surface area contributed by atoms with Gasteiger partial charge >= 0.3 is 0 Å². The average Bonchev–Trinajstić information content (AvgIpc) is 3.32. The summed E-state index contributed by atoms with van der Waals surface area (Å²) in [6.45, 7) is 5.90. The molecule has 1 N–H and O–H groups in total. The van der Waals surface area contributed by atoms with Gasteiger partial charge in [0.2, 0.25) is 6.79 Å². The van der Waals surface area contributed by atoms with Crippen molar-refractivity contribution in [2.75, 3.05) is 27.1 Å². The maximum Gasteiger partial charge on any atom is 0.254 e. The zero-order valence-electron chi connectivity index (χ0n) is 17.1. The summed E-state index contributed by atoms with van der Waals surface area (Å²) in [6.07, 6.45) is 0.925. The molecule has 0 spiro atoms. The number of aromatic nitrogens is 1. The van der Waals surface area contributed by atoms with E-state index >= 15 is 0 Å². The van der Waals surface area contributed by atoms with Crippen molar-refractivity contribution in [1.82, 2.24) is 9.88 Å². The number of carbonyl (C=O) groups excluding carboxylic acids is 1. The Morgan fingerprint density at radius 2 is 2.00 bits per heavy atom. The number of benzene rings is 2. The minimum Gasteiger partial charge on any atom is -0.454 e. The normalized spacial score (nSPS) is 12.5. The van der Waals surface area contributed by atoms with Crippen LogP contribution in [0.25, 0.3) is 10.9 Å². The van der Waals surface area contributed by atoms with Crippen molar-refractivity contribution in [1.29, 1.82) is 0 Å². The first-order valence-electron chi connectivity index (χ1n) is 9.88. The van der Waals surface area contributed by atoms with E-state index in [4.69, 9.17) is 14.2 Å². The van der Waals surface area contributed by atoms with Gasteiger partial charge in [0, 0.05) is 42.4 Å². The largest absolute Gasteiger partial charge is 0.454 e. The van der Waals surface area contributed by atoms with Gasteiger partial charge in [-0.15, -0.1) is 0 Å². The summed E-state index contributed by atoms with van der Waals surface area (Å²) in [5.41, 5.74) is 5.15. The third-order valence-electron chi connectivity index (χ3n) is 5.38. The number of hydrogen-bond acceptors (Lipinski definition) is 4. The van der Waals surface area contributed by atoms with Crippen LogP contribution in [0.3, 0.4) is 0 Å². The second kappa shape index (κ2) is 8.17. The summed E-state index contributed by atoms with van der Waals surface area (Å²) in [6, 6.07) is 11.7. The van der Waals surface area contributed by atoms with Crippen LogP contribution in [0.5, 0.6) is 11.5 Å². The average molecular weight is 394 g/mol. The Labute approximate surface area is 170 Å². The third-order valence-corrected chi connectivity index (χ3v) is 5.38. The van der Waals surface area contributed by atoms with Crippen LogP contribution >= 0.6 is 0 Å². The van der Waals surface area contributed by atoms with Crippen LogP contribution in [-0.2, 0) is 17.7 Å². The maximum absolute atomic E-state index is 13.3. The Morgan fingerprint density at radius 3 is 2.79 bits per heavy atom. The van der Waals surface area contributed by atoms with Crippen molar-refractivity contribution in [2.24, 2.45) is 0 Å². The molecule has 6 nitrogen and oxygen atoms in total. The van der Waals surface area contributed by atoms with E-state index in [0.717, 1.165) is 40.1 Å². The Morgan fingerprint density at radius 1 is 1.17 bits per heavy atom. The van der Waals surface area contributed by atoms with E-state index in [1.165, 1.54) is 5.56 Å². The van der Waals surface area contributed by atoms with Gasteiger partial charge in [0.1, 0.15) is 0 Å². The van der Waals surface area contributed by atoms with E-state index in [9.17, 15) is 4.79 Å². The number of nitrogens with one attached hydrogen (secondary N) is 1. The lowest BCUT2D eigenvalue weighted by Crippen LogP contribution is -2.33. The van der Waals surface area contributed by atoms with Gasteiger partial charge in [-0.25, -0.2) is 0 Å². The number of ether oxygens (including phenoxy) is 3. The number of rotatable bonds is 7. The van der Waals surface area contributed by atoms with Crippen molar-refractivity contribution >= 4 is 16.8 Å². The van der Waals surface area contributed by atoms with E-state index in [2.05, 4.69) is 18.8 Å². The summed E-state index contributed by atoms with van der Waals surface area (Å²) in [7, 11) is 1.64. The molecule has 0 saturated heterocycles. The fraction of sp³-hybridized carbons (Fsp3) is 0.348. The molecule has 1 aliphatic rings. The molecule has 0 radical (unpaired) electrons. The van der Waals surface area contributed by atoms with Crippen molar-refractivity contribution in [3.63, 3.8) is 0 Å². The molecule has 0 atom stereocenters. The van der Waals surface area contributed by atoms with E-state index < -0.39 is 0 Å². The number of methoxy groups -OCH3 is 1. The van der Waals surface area contributed by atoms with Gasteiger partial charge in [-0.05, 0) is 54.8 Å². The van der Waals surface area contributed by atoms with Crippen LogP contribution < -0.4 is 9.47 Å². The minimum absolute atomic E-state index is 0.0116. The standard InChI is InChI=1S/C23H26N2O4/c1-4-18-15(2)24-20-7-6-17(12-19(18)20)23(26)25(9-10-27-3)13-16-5-8-21-22(11-16)29-14-28-21/h5-8,11-12,24H,4,9-10,13-14H2,1-3H3. The van der Waals surface area contributed by atoms with Crippen LogP contribution in [0.15, 0.2) is 36.4 Å². The highest BCUT2D eigenvalue weighted by Crippen LogP contribution is 2.33. The fourth-order valence-corrected chi connectivity index (χ4v) is 3.87. The number of hydrogen-bond donors (Lipinski definition) is 1. The number of fused-ring (bicyclic) bond motifs is 2. The summed E-state index contributed by atoms with van der Waals surface area (Å²) < 4.78 is 16.1. The minimum atomic E-state index is -0.0116. The van der Waals surface area contributed by atoms with Crippen molar-refractivity contribution in [3.8, 4) is 11.5 Å². The predicted molar refractivity (Wildman–Crippen MR) is 112 cm³/mol. The quantitative estimate of drug-likeness (QED) is 0.656. The van der Waals surface area contributed by atoms with Crippen LogP contribution in [0.1, 0.15) is 34.1 Å². The molecule has 0 saturated carbocycles. The number of carbonyl (C=O) groups is 1. The van der Waals surface area contributed by atoms with Gasteiger partial charge in [0.05, 0.1) is 6.61 Å². The zero-order valence-corrected chi connectivity index (χ0v) is 17.1. The molecule has 152 valence electrons. The van der Waals surface area contributed by atoms with Gasteiger partial charge in [0.15, 0.2) is 11.5 Å². The molecule has 4 rings (SSSR count). The molecule has 6 heteroatoms. The van der Waals surface area contributed by atoms with Gasteiger partial charge < -0.3 is 24.1 Å². The van der Waals surface area contributed by atoms with Crippen molar-refractivity contribution in [3.05, 3.63) is 58.8 Å². The van der Waals surface area contributed by atoms with Gasteiger partial charge in [-0.2, -0.15) is 0 Å². The molecule has 2 aromatic carbocycles. The Hall–Kier alpha value is -2.99. The first kappa shape index (κ1) is 19.3. The topological polar surface area (TPSA) is 63.8 Å². The van der Waals surface area contributed by atoms with Crippen LogP contribution in [0.2, 0.25) is 0 Å². The first-order valence-corrected chi connectivity index (χ1v) is 9.88. The molecule has 0 fully saturated rings. The van der Waals surface area contributed by atoms with Crippen LogP contribution in [-0.4, -0.2) is 42.8 Å². The SMILES string of the molecule is CCc1c(C)[nH]c2ccc(C(=O)N(CCOC)Cc3ccc4c(c3)OCO4)cc12. The van der Waals surface area contributed by atoms with E-state index in [1.807, 2.05) is 41.3 Å². The molecule has 3 aromatic rings. The molecule has 2 heterocycles. The maximum atomic E-state index is 13.3. The monoisotopic (exact) mass is 394 g/mol. The molecule has 0 unspecified atom stereocenters. The van der Waals surface area contributed by atoms with Gasteiger partial charge in [-0.3, -0.25) is 4.79 Å². The summed E-state index contributed by atoms with van der Waals surface area (Å²) in [5, 5.41) is 1.12. The molecule has 0 bridgehead atoms. The second-order valence-corrected chi connectivity index (χ2v) is 7.25. The number of H-pyrrole nitrogens is 1. The molecule has 1 aliphatic heterocycles. The highest BCUT2D eigenvalue weighted by Gasteiger charge is 2.20. The Bertz CT molecular complexity index is 1040. The van der Waals surface area contributed by atoms with E-state index in [0.29, 0.717) is 25.3 Å². The lowest BCUT2D eigenvalue weighted by molar-refractivity contribution is 0.0680.